The van der Waals surface area contributed by atoms with Crippen molar-refractivity contribution in [1.82, 2.24) is 5.32 Å². The third-order valence-electron chi connectivity index (χ3n) is 6.38. The number of amides is 1. The van der Waals surface area contributed by atoms with Crippen LogP contribution in [0.25, 0.3) is 16.8 Å². The maximum atomic E-state index is 12.8. The predicted octanol–water partition coefficient (Wildman–Crippen LogP) is 7.23. The average molecular weight is 676 g/mol. The van der Waals surface area contributed by atoms with Crippen LogP contribution < -0.4 is 10.1 Å². The molecule has 1 N–H and O–H groups in total. The van der Waals surface area contributed by atoms with Crippen LogP contribution in [0.1, 0.15) is 43.7 Å². The number of carbonyl (C=O) groups is 1. The monoisotopic (exact) mass is 676 g/mol. The summed E-state index contributed by atoms with van der Waals surface area (Å²) in [7, 11) is 0. The first kappa shape index (κ1) is 25.0. The summed E-state index contributed by atoms with van der Waals surface area (Å²) in [6.07, 6.45) is 6.09. The Hall–Kier alpha value is -2.12. The predicted molar refractivity (Wildman–Crippen MR) is 153 cm³/mol. The normalized spacial score (nSPS) is 18.4. The minimum atomic E-state index is -0.289. The number of carbonyl (C=O) groups excluding carboxylic acids is 1. The fourth-order valence-corrected chi connectivity index (χ4v) is 6.59. The van der Waals surface area contributed by atoms with E-state index in [9.17, 15) is 10.1 Å². The highest BCUT2D eigenvalue weighted by atomic mass is 127. The maximum Gasteiger partial charge on any atom is 0.262 e. The highest BCUT2D eigenvalue weighted by Crippen LogP contribution is 2.31. The number of benzene rings is 3. The lowest BCUT2D eigenvalue weighted by Gasteiger charge is -2.29. The molecule has 0 unspecified atom stereocenters. The number of hydrogen-bond acceptors (Lipinski definition) is 3. The standard InChI is InChI=1S/C28H26I2N2O2/c1-18-7-2-5-12-26(18)32-28(33)22(16-31)13-19-14-24(29)27(25(30)15-19)34-17-21-10-6-9-20-8-3-4-11-23(20)21/h3-4,6,8-11,13-15,18,26H,2,5,7,12,17H2,1H3,(H,32,33)/b22-13+/t18-,26-/m0/s1. The Kier molecular flexibility index (Phi) is 8.48. The summed E-state index contributed by atoms with van der Waals surface area (Å²) >= 11 is 4.51. The summed E-state index contributed by atoms with van der Waals surface area (Å²) in [6, 6.07) is 20.7. The van der Waals surface area contributed by atoms with E-state index in [0.29, 0.717) is 12.5 Å². The topological polar surface area (TPSA) is 62.1 Å². The van der Waals surface area contributed by atoms with Crippen molar-refractivity contribution < 1.29 is 9.53 Å². The number of nitriles is 1. The van der Waals surface area contributed by atoms with Crippen LogP contribution in [-0.2, 0) is 11.4 Å². The molecule has 4 rings (SSSR count). The van der Waals surface area contributed by atoms with Gasteiger partial charge in [0.05, 0.1) is 7.14 Å². The molecule has 0 bridgehead atoms. The molecular weight excluding hydrogens is 650 g/mol. The Morgan fingerprint density at radius 2 is 1.82 bits per heavy atom. The minimum absolute atomic E-state index is 0.133. The SMILES string of the molecule is C[C@H]1CCCC[C@@H]1NC(=O)/C(C#N)=C/c1cc(I)c(OCc2cccc3ccccc23)c(I)c1. The summed E-state index contributed by atoms with van der Waals surface area (Å²) in [5, 5.41) is 15.1. The molecule has 1 saturated carbocycles. The first-order valence-electron chi connectivity index (χ1n) is 11.5. The molecular formula is C28H26I2N2O2. The largest absolute Gasteiger partial charge is 0.487 e. The molecule has 3 aromatic carbocycles. The summed E-state index contributed by atoms with van der Waals surface area (Å²) in [5.74, 6) is 0.963. The molecule has 2 atom stereocenters. The molecule has 6 heteroatoms. The second kappa shape index (κ2) is 11.5. The van der Waals surface area contributed by atoms with Crippen LogP contribution >= 0.6 is 45.2 Å². The van der Waals surface area contributed by atoms with Crippen molar-refractivity contribution in [3.63, 3.8) is 0 Å². The molecule has 0 heterocycles. The zero-order chi connectivity index (χ0) is 24.1. The van der Waals surface area contributed by atoms with E-state index < -0.39 is 0 Å². The van der Waals surface area contributed by atoms with Crippen molar-refractivity contribution in [3.8, 4) is 11.8 Å². The second-order valence-electron chi connectivity index (χ2n) is 8.75. The summed E-state index contributed by atoms with van der Waals surface area (Å²) in [5.41, 5.74) is 2.08. The van der Waals surface area contributed by atoms with Gasteiger partial charge in [-0.3, -0.25) is 4.79 Å². The van der Waals surface area contributed by atoms with Crippen LogP contribution in [0.15, 0.2) is 60.2 Å². The Balaban J connectivity index is 1.50. The molecule has 1 aliphatic carbocycles. The number of halogens is 2. The lowest BCUT2D eigenvalue weighted by molar-refractivity contribution is -0.118. The van der Waals surface area contributed by atoms with Crippen LogP contribution in [0.3, 0.4) is 0 Å². The number of nitrogens with zero attached hydrogens (tertiary/aromatic N) is 1. The second-order valence-corrected chi connectivity index (χ2v) is 11.1. The van der Waals surface area contributed by atoms with Crippen LogP contribution in [0, 0.1) is 24.4 Å². The summed E-state index contributed by atoms with van der Waals surface area (Å²) in [4.78, 5) is 12.8. The molecule has 1 fully saturated rings. The van der Waals surface area contributed by atoms with E-state index in [1.165, 1.54) is 17.2 Å². The van der Waals surface area contributed by atoms with Crippen molar-refractivity contribution in [2.24, 2.45) is 5.92 Å². The molecule has 3 aromatic rings. The lowest BCUT2D eigenvalue weighted by Crippen LogP contribution is -2.41. The molecule has 1 amide bonds. The zero-order valence-corrected chi connectivity index (χ0v) is 23.3. The molecule has 0 aliphatic heterocycles. The first-order valence-corrected chi connectivity index (χ1v) is 13.6. The van der Waals surface area contributed by atoms with E-state index in [2.05, 4.69) is 87.8 Å². The van der Waals surface area contributed by atoms with Crippen LogP contribution in [0.5, 0.6) is 5.75 Å². The number of ether oxygens (including phenoxy) is 1. The van der Waals surface area contributed by atoms with E-state index in [-0.39, 0.29) is 17.5 Å². The lowest BCUT2D eigenvalue weighted by atomic mass is 9.86. The third-order valence-corrected chi connectivity index (χ3v) is 7.98. The maximum absolute atomic E-state index is 12.8. The Morgan fingerprint density at radius 3 is 2.56 bits per heavy atom. The molecule has 1 aliphatic rings. The van der Waals surface area contributed by atoms with Gasteiger partial charge in [0.1, 0.15) is 24.0 Å². The van der Waals surface area contributed by atoms with Crippen LogP contribution in [0.2, 0.25) is 0 Å². The quantitative estimate of drug-likeness (QED) is 0.170. The van der Waals surface area contributed by atoms with Crippen molar-refractivity contribution in [2.75, 3.05) is 0 Å². The van der Waals surface area contributed by atoms with Gasteiger partial charge >= 0.3 is 0 Å². The van der Waals surface area contributed by atoms with Gasteiger partial charge in [0.2, 0.25) is 0 Å². The van der Waals surface area contributed by atoms with Gasteiger partial charge in [-0.15, -0.1) is 0 Å². The summed E-state index contributed by atoms with van der Waals surface area (Å²) < 4.78 is 8.11. The summed E-state index contributed by atoms with van der Waals surface area (Å²) in [6.45, 7) is 2.63. The average Bonchev–Trinajstić information content (AvgIpc) is 2.83. The Morgan fingerprint density at radius 1 is 1.12 bits per heavy atom. The van der Waals surface area contributed by atoms with Gasteiger partial charge in [0, 0.05) is 6.04 Å². The zero-order valence-electron chi connectivity index (χ0n) is 19.0. The van der Waals surface area contributed by atoms with Gasteiger partial charge in [-0.2, -0.15) is 5.26 Å². The van der Waals surface area contributed by atoms with Crippen molar-refractivity contribution in [1.29, 1.82) is 5.26 Å². The molecule has 0 radical (unpaired) electrons. The van der Waals surface area contributed by atoms with E-state index in [0.717, 1.165) is 43.3 Å². The van der Waals surface area contributed by atoms with Gasteiger partial charge in [-0.25, -0.2) is 0 Å². The van der Waals surface area contributed by atoms with Crippen LogP contribution in [-0.4, -0.2) is 11.9 Å². The van der Waals surface area contributed by atoms with Gasteiger partial charge < -0.3 is 10.1 Å². The van der Waals surface area contributed by atoms with E-state index in [1.54, 1.807) is 6.08 Å². The fraction of sp³-hybridized carbons (Fsp3) is 0.286. The highest BCUT2D eigenvalue weighted by molar-refractivity contribution is 14.1. The van der Waals surface area contributed by atoms with Crippen molar-refractivity contribution in [3.05, 3.63) is 78.4 Å². The Labute approximate surface area is 228 Å². The molecule has 34 heavy (non-hydrogen) atoms. The van der Waals surface area contributed by atoms with E-state index in [1.807, 2.05) is 30.3 Å². The van der Waals surface area contributed by atoms with E-state index in [4.69, 9.17) is 4.74 Å². The number of nitrogens with one attached hydrogen (secondary N) is 1. The van der Waals surface area contributed by atoms with Gasteiger partial charge in [0.25, 0.3) is 5.91 Å². The van der Waals surface area contributed by atoms with E-state index >= 15 is 0 Å². The minimum Gasteiger partial charge on any atom is -0.487 e. The number of fused-ring (bicyclic) bond motifs is 1. The number of rotatable bonds is 6. The highest BCUT2D eigenvalue weighted by Gasteiger charge is 2.24. The molecule has 0 aromatic heterocycles. The van der Waals surface area contributed by atoms with Gasteiger partial charge in [-0.05, 0) is 104 Å². The molecule has 4 nitrogen and oxygen atoms in total. The fourth-order valence-electron chi connectivity index (χ4n) is 4.46. The molecule has 0 spiro atoms. The molecule has 0 saturated heterocycles. The van der Waals surface area contributed by atoms with Crippen LogP contribution in [0.4, 0.5) is 0 Å². The third kappa shape index (κ3) is 5.92. The van der Waals surface area contributed by atoms with Gasteiger partial charge in [-0.1, -0.05) is 62.2 Å². The van der Waals surface area contributed by atoms with Crippen molar-refractivity contribution in [2.45, 2.75) is 45.3 Å². The van der Waals surface area contributed by atoms with Gasteiger partial charge in [0.15, 0.2) is 0 Å². The Bertz CT molecular complexity index is 1250. The smallest absolute Gasteiger partial charge is 0.262 e. The number of hydrogen-bond donors (Lipinski definition) is 1. The first-order chi connectivity index (χ1) is 16.5. The van der Waals surface area contributed by atoms with Crippen molar-refractivity contribution >= 4 is 67.9 Å². The molecule has 174 valence electrons.